The Hall–Kier alpha value is -0.893. The molecule has 0 amide bonds. The van der Waals surface area contributed by atoms with Gasteiger partial charge >= 0.3 is 15.7 Å². The van der Waals surface area contributed by atoms with Crippen LogP contribution in [-0.2, 0) is 25.9 Å². The molecule has 0 aromatic heterocycles. The lowest BCUT2D eigenvalue weighted by Gasteiger charge is -2.11. The van der Waals surface area contributed by atoms with Crippen molar-refractivity contribution in [1.82, 2.24) is 0 Å². The van der Waals surface area contributed by atoms with Gasteiger partial charge in [-0.2, -0.15) is 13.2 Å². The van der Waals surface area contributed by atoms with E-state index in [0.29, 0.717) is 12.0 Å². The first-order valence-corrected chi connectivity index (χ1v) is 6.43. The Bertz CT molecular complexity index is 367. The summed E-state index contributed by atoms with van der Waals surface area (Å²) in [5, 5.41) is 0. The van der Waals surface area contributed by atoms with Crippen LogP contribution in [0.5, 0.6) is 0 Å². The molecule has 0 atom stereocenters. The van der Waals surface area contributed by atoms with E-state index in [-0.39, 0.29) is 6.61 Å². The maximum atomic E-state index is 12.5. The summed E-state index contributed by atoms with van der Waals surface area (Å²) < 4.78 is 52.4. The van der Waals surface area contributed by atoms with Crippen LogP contribution >= 0.6 is 0 Å². The van der Waals surface area contributed by atoms with Crippen molar-refractivity contribution in [3.05, 3.63) is 35.4 Å². The standard InChI is InChI=1S/C11H14F3O3Si/c1-15-18(16-2)17-7-6-9-4-3-5-10(8-9)11(12,13)14/h3-5,8H,6-7H2,1-2H3. The SMILES string of the molecule is CO[Si](OC)OCCc1cccc(C(F)(F)F)c1. The molecule has 0 aliphatic carbocycles. The first-order chi connectivity index (χ1) is 8.47. The average Bonchev–Trinajstić information content (AvgIpc) is 2.34. The Morgan fingerprint density at radius 1 is 1.17 bits per heavy atom. The molecular formula is C11H14F3O3Si. The fraction of sp³-hybridized carbons (Fsp3) is 0.455. The van der Waals surface area contributed by atoms with Gasteiger partial charge in [-0.25, -0.2) is 0 Å². The highest BCUT2D eigenvalue weighted by atomic mass is 28.3. The normalized spacial score (nSPS) is 12.1. The van der Waals surface area contributed by atoms with E-state index in [9.17, 15) is 13.2 Å². The van der Waals surface area contributed by atoms with E-state index in [2.05, 4.69) is 0 Å². The molecule has 7 heteroatoms. The monoisotopic (exact) mass is 279 g/mol. The third-order valence-electron chi connectivity index (χ3n) is 2.20. The molecule has 0 spiro atoms. The van der Waals surface area contributed by atoms with Crippen molar-refractivity contribution in [2.45, 2.75) is 12.6 Å². The van der Waals surface area contributed by atoms with Gasteiger partial charge in [0.25, 0.3) is 0 Å². The van der Waals surface area contributed by atoms with Gasteiger partial charge in [0.05, 0.1) is 5.56 Å². The fourth-order valence-electron chi connectivity index (χ4n) is 1.36. The molecule has 1 radical (unpaired) electrons. The van der Waals surface area contributed by atoms with Gasteiger partial charge in [0, 0.05) is 20.8 Å². The molecule has 0 aliphatic heterocycles. The van der Waals surface area contributed by atoms with Crippen molar-refractivity contribution >= 4 is 9.53 Å². The topological polar surface area (TPSA) is 27.7 Å². The minimum absolute atomic E-state index is 0.261. The zero-order valence-corrected chi connectivity index (χ0v) is 11.1. The Balaban J connectivity index is 2.53. The van der Waals surface area contributed by atoms with Crippen molar-refractivity contribution < 1.29 is 26.4 Å². The Labute approximate surface area is 105 Å². The van der Waals surface area contributed by atoms with E-state index in [4.69, 9.17) is 13.3 Å². The van der Waals surface area contributed by atoms with Crippen LogP contribution in [0, 0.1) is 0 Å². The second kappa shape index (κ2) is 6.88. The van der Waals surface area contributed by atoms with E-state index in [1.54, 1.807) is 6.07 Å². The molecule has 0 saturated heterocycles. The van der Waals surface area contributed by atoms with E-state index in [1.165, 1.54) is 20.3 Å². The fourth-order valence-corrected chi connectivity index (χ4v) is 2.03. The summed E-state index contributed by atoms with van der Waals surface area (Å²) in [6.45, 7) is 0.261. The van der Waals surface area contributed by atoms with Crippen molar-refractivity contribution in [3.63, 3.8) is 0 Å². The van der Waals surface area contributed by atoms with E-state index in [1.807, 2.05) is 0 Å². The van der Waals surface area contributed by atoms with E-state index < -0.39 is 21.3 Å². The number of hydrogen-bond acceptors (Lipinski definition) is 3. The summed E-state index contributed by atoms with van der Waals surface area (Å²) >= 11 is 0. The van der Waals surface area contributed by atoms with Crippen LogP contribution in [0.25, 0.3) is 0 Å². The molecule has 18 heavy (non-hydrogen) atoms. The largest absolute Gasteiger partial charge is 0.577 e. The van der Waals surface area contributed by atoms with Gasteiger partial charge in [0.2, 0.25) is 0 Å². The van der Waals surface area contributed by atoms with Gasteiger partial charge in [0.1, 0.15) is 0 Å². The summed E-state index contributed by atoms with van der Waals surface area (Å²) in [6.07, 6.45) is -3.93. The molecule has 1 aromatic rings. The van der Waals surface area contributed by atoms with Crippen molar-refractivity contribution in [3.8, 4) is 0 Å². The molecule has 0 bridgehead atoms. The zero-order chi connectivity index (χ0) is 13.6. The van der Waals surface area contributed by atoms with Gasteiger partial charge in [-0.15, -0.1) is 0 Å². The highest BCUT2D eigenvalue weighted by Crippen LogP contribution is 2.29. The molecule has 0 unspecified atom stereocenters. The number of benzene rings is 1. The lowest BCUT2D eigenvalue weighted by atomic mass is 10.1. The predicted molar refractivity (Wildman–Crippen MR) is 60.9 cm³/mol. The number of halogens is 3. The Morgan fingerprint density at radius 3 is 2.39 bits per heavy atom. The minimum Gasteiger partial charge on any atom is -0.375 e. The molecule has 0 N–H and O–H groups in total. The van der Waals surface area contributed by atoms with Crippen LogP contribution in [0.2, 0.25) is 0 Å². The van der Waals surface area contributed by atoms with Crippen LogP contribution in [0.3, 0.4) is 0 Å². The van der Waals surface area contributed by atoms with Crippen molar-refractivity contribution in [2.24, 2.45) is 0 Å². The zero-order valence-electron chi connectivity index (χ0n) is 10.1. The van der Waals surface area contributed by atoms with Gasteiger partial charge in [-0.3, -0.25) is 0 Å². The molecule has 0 saturated carbocycles. The smallest absolute Gasteiger partial charge is 0.375 e. The van der Waals surface area contributed by atoms with Crippen LogP contribution in [-0.4, -0.2) is 30.4 Å². The van der Waals surface area contributed by atoms with Gasteiger partial charge in [-0.1, -0.05) is 18.2 Å². The van der Waals surface area contributed by atoms with Gasteiger partial charge < -0.3 is 13.3 Å². The summed E-state index contributed by atoms with van der Waals surface area (Å²) in [5.74, 6) is 0. The molecule has 1 aromatic carbocycles. The second-order valence-electron chi connectivity index (χ2n) is 3.45. The summed E-state index contributed by atoms with van der Waals surface area (Å²) in [6, 6.07) is 5.18. The van der Waals surface area contributed by atoms with Crippen molar-refractivity contribution in [1.29, 1.82) is 0 Å². The molecule has 0 fully saturated rings. The second-order valence-corrected chi connectivity index (χ2v) is 5.06. The first kappa shape index (κ1) is 15.2. The molecule has 101 valence electrons. The molecule has 3 nitrogen and oxygen atoms in total. The highest BCUT2D eigenvalue weighted by molar-refractivity contribution is 6.36. The van der Waals surface area contributed by atoms with E-state index in [0.717, 1.165) is 12.1 Å². The summed E-state index contributed by atoms with van der Waals surface area (Å²) in [4.78, 5) is 0. The van der Waals surface area contributed by atoms with Crippen LogP contribution < -0.4 is 0 Å². The Morgan fingerprint density at radius 2 is 1.83 bits per heavy atom. The predicted octanol–water partition coefficient (Wildman–Crippen LogP) is 2.54. The third kappa shape index (κ3) is 4.77. The molecule has 1 rings (SSSR count). The first-order valence-electron chi connectivity index (χ1n) is 5.21. The third-order valence-corrected chi connectivity index (χ3v) is 3.30. The lowest BCUT2D eigenvalue weighted by molar-refractivity contribution is -0.137. The van der Waals surface area contributed by atoms with Gasteiger partial charge in [0.15, 0.2) is 0 Å². The molecular weight excluding hydrogens is 265 g/mol. The Kier molecular flexibility index (Phi) is 5.80. The van der Waals surface area contributed by atoms with Crippen LogP contribution in [0.15, 0.2) is 24.3 Å². The number of alkyl halides is 3. The highest BCUT2D eigenvalue weighted by Gasteiger charge is 2.30. The summed E-state index contributed by atoms with van der Waals surface area (Å²) in [7, 11) is 1.17. The quantitative estimate of drug-likeness (QED) is 0.749. The average molecular weight is 279 g/mol. The number of hydrogen-bond donors (Lipinski definition) is 0. The van der Waals surface area contributed by atoms with Crippen LogP contribution in [0.1, 0.15) is 11.1 Å². The van der Waals surface area contributed by atoms with Crippen LogP contribution in [0.4, 0.5) is 13.2 Å². The molecule has 0 heterocycles. The van der Waals surface area contributed by atoms with E-state index >= 15 is 0 Å². The number of rotatable bonds is 6. The minimum atomic E-state index is -4.31. The maximum Gasteiger partial charge on any atom is 0.577 e. The maximum absolute atomic E-state index is 12.5. The van der Waals surface area contributed by atoms with Crippen molar-refractivity contribution in [2.75, 3.05) is 20.8 Å². The summed E-state index contributed by atoms with van der Waals surface area (Å²) in [5.41, 5.74) is -0.0811. The molecule has 0 aliphatic rings. The lowest BCUT2D eigenvalue weighted by Crippen LogP contribution is -2.24. The van der Waals surface area contributed by atoms with Gasteiger partial charge in [-0.05, 0) is 18.1 Å².